The van der Waals surface area contributed by atoms with Crippen LogP contribution in [0.2, 0.25) is 0 Å². The average Bonchev–Trinajstić information content (AvgIpc) is 2.58. The minimum absolute atomic E-state index is 0.124. The predicted octanol–water partition coefficient (Wildman–Crippen LogP) is 3.23. The molecule has 8 nitrogen and oxygen atoms in total. The summed E-state index contributed by atoms with van der Waals surface area (Å²) < 4.78 is 10.8. The molecule has 1 N–H and O–H groups in total. The Kier molecular flexibility index (Phi) is 6.07. The van der Waals surface area contributed by atoms with Gasteiger partial charge in [-0.1, -0.05) is 6.07 Å². The zero-order valence-corrected chi connectivity index (χ0v) is 13.4. The molecule has 0 saturated heterocycles. The summed E-state index contributed by atoms with van der Waals surface area (Å²) in [5.41, 5.74) is 3.10. The third kappa shape index (κ3) is 4.42. The number of nitrogens with one attached hydrogen (secondary N) is 1. The molecule has 0 atom stereocenters. The van der Waals surface area contributed by atoms with Crippen molar-refractivity contribution in [3.05, 3.63) is 52.2 Å². The SMILES string of the molecule is CCOc1cc(/C=N/Nc2ccccn2)cc([N+](=O)[O-])c1OCC. The van der Waals surface area contributed by atoms with Gasteiger partial charge in [-0.2, -0.15) is 5.10 Å². The molecule has 2 aromatic rings. The van der Waals surface area contributed by atoms with Gasteiger partial charge in [-0.3, -0.25) is 15.5 Å². The van der Waals surface area contributed by atoms with Crippen LogP contribution in [0, 0.1) is 10.1 Å². The molecule has 0 aliphatic rings. The molecule has 0 radical (unpaired) electrons. The van der Waals surface area contributed by atoms with Gasteiger partial charge in [0.1, 0.15) is 5.82 Å². The fourth-order valence-corrected chi connectivity index (χ4v) is 1.97. The number of ether oxygens (including phenoxy) is 2. The number of benzene rings is 1. The second-order valence-corrected chi connectivity index (χ2v) is 4.58. The van der Waals surface area contributed by atoms with E-state index in [9.17, 15) is 10.1 Å². The second-order valence-electron chi connectivity index (χ2n) is 4.58. The molecule has 1 aromatic heterocycles. The Morgan fingerprint density at radius 2 is 2.08 bits per heavy atom. The first-order chi connectivity index (χ1) is 11.7. The van der Waals surface area contributed by atoms with Gasteiger partial charge in [-0.15, -0.1) is 0 Å². The lowest BCUT2D eigenvalue weighted by atomic mass is 10.2. The van der Waals surface area contributed by atoms with Crippen molar-refractivity contribution >= 4 is 17.7 Å². The van der Waals surface area contributed by atoms with Crippen molar-refractivity contribution in [2.75, 3.05) is 18.6 Å². The number of pyridine rings is 1. The van der Waals surface area contributed by atoms with Gasteiger partial charge in [0.05, 0.1) is 24.4 Å². The number of hydrogen-bond donors (Lipinski definition) is 1. The summed E-state index contributed by atoms with van der Waals surface area (Å²) >= 11 is 0. The summed E-state index contributed by atoms with van der Waals surface area (Å²) in [5, 5.41) is 15.3. The lowest BCUT2D eigenvalue weighted by Gasteiger charge is -2.11. The van der Waals surface area contributed by atoms with Crippen LogP contribution in [0.3, 0.4) is 0 Å². The molecule has 1 aromatic carbocycles. The van der Waals surface area contributed by atoms with E-state index in [1.54, 1.807) is 38.2 Å². The number of hydrazone groups is 1. The zero-order valence-electron chi connectivity index (χ0n) is 13.4. The van der Waals surface area contributed by atoms with E-state index in [0.717, 1.165) is 0 Å². The molecule has 126 valence electrons. The summed E-state index contributed by atoms with van der Waals surface area (Å²) in [6.45, 7) is 4.22. The smallest absolute Gasteiger partial charge is 0.315 e. The Morgan fingerprint density at radius 1 is 1.29 bits per heavy atom. The number of aromatic nitrogens is 1. The third-order valence-electron chi connectivity index (χ3n) is 2.90. The quantitative estimate of drug-likeness (QED) is 0.453. The molecule has 0 fully saturated rings. The standard InChI is InChI=1S/C16H18N4O4/c1-3-23-14-10-12(9-13(20(21)22)16(14)24-4-2)11-18-19-15-7-5-6-8-17-15/h5-11H,3-4H2,1-2H3,(H,17,19)/b18-11+. The Morgan fingerprint density at radius 3 is 2.71 bits per heavy atom. The van der Waals surface area contributed by atoms with E-state index in [-0.39, 0.29) is 11.4 Å². The van der Waals surface area contributed by atoms with Gasteiger partial charge in [0.2, 0.25) is 5.75 Å². The highest BCUT2D eigenvalue weighted by Crippen LogP contribution is 2.38. The zero-order chi connectivity index (χ0) is 17.4. The van der Waals surface area contributed by atoms with E-state index in [0.29, 0.717) is 30.3 Å². The van der Waals surface area contributed by atoms with E-state index in [1.807, 2.05) is 6.07 Å². The fourth-order valence-electron chi connectivity index (χ4n) is 1.97. The molecule has 0 bridgehead atoms. The van der Waals surface area contributed by atoms with Gasteiger partial charge >= 0.3 is 5.69 Å². The van der Waals surface area contributed by atoms with Crippen molar-refractivity contribution in [1.29, 1.82) is 0 Å². The van der Waals surface area contributed by atoms with Crippen molar-refractivity contribution in [1.82, 2.24) is 4.98 Å². The molecule has 1 heterocycles. The second kappa shape index (κ2) is 8.47. The number of nitrogens with zero attached hydrogens (tertiary/aromatic N) is 3. The molecule has 0 aliphatic heterocycles. The number of hydrogen-bond acceptors (Lipinski definition) is 7. The lowest BCUT2D eigenvalue weighted by Crippen LogP contribution is -2.03. The lowest BCUT2D eigenvalue weighted by molar-refractivity contribution is -0.385. The monoisotopic (exact) mass is 330 g/mol. The molecule has 0 amide bonds. The minimum Gasteiger partial charge on any atom is -0.490 e. The normalized spacial score (nSPS) is 10.6. The number of nitro groups is 1. The van der Waals surface area contributed by atoms with E-state index < -0.39 is 4.92 Å². The summed E-state index contributed by atoms with van der Waals surface area (Å²) in [6.07, 6.45) is 3.09. The van der Waals surface area contributed by atoms with Crippen LogP contribution in [0.25, 0.3) is 0 Å². The maximum absolute atomic E-state index is 11.3. The highest BCUT2D eigenvalue weighted by atomic mass is 16.6. The van der Waals surface area contributed by atoms with Gasteiger partial charge in [-0.25, -0.2) is 4.98 Å². The van der Waals surface area contributed by atoms with Crippen LogP contribution in [0.15, 0.2) is 41.6 Å². The Hall–Kier alpha value is -3.16. The van der Waals surface area contributed by atoms with E-state index in [1.165, 1.54) is 12.3 Å². The summed E-state index contributed by atoms with van der Waals surface area (Å²) in [4.78, 5) is 14.9. The third-order valence-corrected chi connectivity index (χ3v) is 2.90. The van der Waals surface area contributed by atoms with Crippen molar-refractivity contribution in [3.8, 4) is 11.5 Å². The highest BCUT2D eigenvalue weighted by molar-refractivity contribution is 5.83. The van der Waals surface area contributed by atoms with Crippen LogP contribution in [0.5, 0.6) is 11.5 Å². The minimum atomic E-state index is -0.503. The molecule has 0 spiro atoms. The van der Waals surface area contributed by atoms with Crippen LogP contribution in [-0.4, -0.2) is 29.3 Å². The van der Waals surface area contributed by atoms with E-state index in [2.05, 4.69) is 15.5 Å². The van der Waals surface area contributed by atoms with Crippen LogP contribution < -0.4 is 14.9 Å². The maximum atomic E-state index is 11.3. The van der Waals surface area contributed by atoms with Crippen molar-refractivity contribution in [3.63, 3.8) is 0 Å². The van der Waals surface area contributed by atoms with Gasteiger partial charge in [-0.05, 0) is 32.0 Å². The molecule has 0 saturated carbocycles. The molecule has 0 unspecified atom stereocenters. The molecule has 8 heteroatoms. The van der Waals surface area contributed by atoms with Crippen LogP contribution >= 0.6 is 0 Å². The number of rotatable bonds is 8. The van der Waals surface area contributed by atoms with Gasteiger partial charge < -0.3 is 9.47 Å². The van der Waals surface area contributed by atoms with Crippen LogP contribution in [-0.2, 0) is 0 Å². The van der Waals surface area contributed by atoms with Crippen molar-refractivity contribution in [2.45, 2.75) is 13.8 Å². The summed E-state index contributed by atoms with van der Waals surface area (Å²) in [6, 6.07) is 8.39. The molecule has 0 aliphatic carbocycles. The topological polar surface area (TPSA) is 98.9 Å². The summed E-state index contributed by atoms with van der Waals surface area (Å²) in [7, 11) is 0. The van der Waals surface area contributed by atoms with Gasteiger partial charge in [0, 0.05) is 17.8 Å². The number of nitro benzene ring substituents is 1. The maximum Gasteiger partial charge on any atom is 0.315 e. The fraction of sp³-hybridized carbons (Fsp3) is 0.250. The Labute approximate surface area is 139 Å². The average molecular weight is 330 g/mol. The largest absolute Gasteiger partial charge is 0.490 e. The number of anilines is 1. The Bertz CT molecular complexity index is 720. The van der Waals surface area contributed by atoms with E-state index >= 15 is 0 Å². The summed E-state index contributed by atoms with van der Waals surface area (Å²) in [5.74, 6) is 1.01. The molecular formula is C16H18N4O4. The first-order valence-corrected chi connectivity index (χ1v) is 7.43. The molecule has 24 heavy (non-hydrogen) atoms. The van der Waals surface area contributed by atoms with Gasteiger partial charge in [0.15, 0.2) is 5.75 Å². The predicted molar refractivity (Wildman–Crippen MR) is 90.9 cm³/mol. The van der Waals surface area contributed by atoms with Crippen LogP contribution in [0.1, 0.15) is 19.4 Å². The van der Waals surface area contributed by atoms with Crippen LogP contribution in [0.4, 0.5) is 11.5 Å². The first-order valence-electron chi connectivity index (χ1n) is 7.43. The highest BCUT2D eigenvalue weighted by Gasteiger charge is 2.22. The molecular weight excluding hydrogens is 312 g/mol. The first kappa shape index (κ1) is 17.2. The van der Waals surface area contributed by atoms with Crippen molar-refractivity contribution in [2.24, 2.45) is 5.10 Å². The van der Waals surface area contributed by atoms with E-state index in [4.69, 9.17) is 9.47 Å². The molecule has 2 rings (SSSR count). The Balaban J connectivity index is 2.30. The van der Waals surface area contributed by atoms with Gasteiger partial charge in [0.25, 0.3) is 0 Å². The van der Waals surface area contributed by atoms with Crippen molar-refractivity contribution < 1.29 is 14.4 Å².